The van der Waals surface area contributed by atoms with E-state index in [2.05, 4.69) is 40.7 Å². The molecule has 3 aliphatic heterocycles. The Bertz CT molecular complexity index is 1860. The molecule has 5 aliphatic carbocycles. The fourth-order valence-electron chi connectivity index (χ4n) is 15.2. The third kappa shape index (κ3) is 8.08. The fraction of sp³-hybridized carbons (Fsp3) is 0.939. The van der Waals surface area contributed by atoms with Gasteiger partial charge in [0.25, 0.3) is 0 Å². The number of hydrogen-bond donors (Lipinski definition) is 11. The normalized spacial score (nSPS) is 56.0. The smallest absolute Gasteiger partial charge is 0.337 e. The van der Waals surface area contributed by atoms with Crippen molar-refractivity contribution in [2.24, 2.45) is 50.2 Å². The van der Waals surface area contributed by atoms with Crippen molar-refractivity contribution in [1.82, 2.24) is 0 Å². The van der Waals surface area contributed by atoms with Gasteiger partial charge in [-0.15, -0.1) is 0 Å². The van der Waals surface area contributed by atoms with E-state index < -0.39 is 122 Å². The van der Waals surface area contributed by atoms with Gasteiger partial charge >= 0.3 is 5.97 Å². The monoisotopic (exact) mass is 973 g/mol. The van der Waals surface area contributed by atoms with E-state index in [4.69, 9.17) is 33.2 Å². The fourth-order valence-corrected chi connectivity index (χ4v) is 15.2. The SMILES string of the molecule is COC(=O)[C@H]1O[C@@H](O[C@H]2CC[C@@]3(C)[C@@H](CC[C@]4(C)[C@@H]3CC=C3[C@@H]5C[C@](C)(CO)C[C@@H](O)[C@]5(C)CC[C@]34C)[C@@]2(C)CO)[C@H](O[C@@H]2O[C@H](CO)[C@@H](O)[C@H](O)[C@H]2O[C@@H]2O[C@@H](C)[C@H](O)[C@@H](O)[C@H]2O)[C@@H](O)[C@@H]1O. The van der Waals surface area contributed by atoms with Crippen LogP contribution in [-0.2, 0) is 38.0 Å². The average molecular weight is 973 g/mol. The van der Waals surface area contributed by atoms with Crippen molar-refractivity contribution in [1.29, 1.82) is 0 Å². The van der Waals surface area contributed by atoms with Gasteiger partial charge in [0, 0.05) is 17.4 Å². The summed E-state index contributed by atoms with van der Waals surface area (Å²) in [4.78, 5) is 13.1. The molecule has 11 N–H and O–H groups in total. The maximum atomic E-state index is 13.1. The number of rotatable bonds is 10. The zero-order chi connectivity index (χ0) is 49.8. The topological polar surface area (TPSA) is 304 Å². The van der Waals surface area contributed by atoms with Crippen LogP contribution in [0, 0.1) is 50.2 Å². The molecular formula is C49H80O19. The van der Waals surface area contributed by atoms with Gasteiger partial charge in [0.15, 0.2) is 25.0 Å². The molecule has 3 saturated heterocycles. The van der Waals surface area contributed by atoms with Crippen LogP contribution in [-0.4, -0.2) is 193 Å². The van der Waals surface area contributed by atoms with Gasteiger partial charge in [0.1, 0.15) is 61.0 Å². The summed E-state index contributed by atoms with van der Waals surface area (Å²) in [6.45, 7) is 13.8. The largest absolute Gasteiger partial charge is 0.467 e. The highest BCUT2D eigenvalue weighted by Crippen LogP contribution is 2.76. The van der Waals surface area contributed by atoms with Crippen molar-refractivity contribution in [2.75, 3.05) is 26.9 Å². The second-order valence-electron chi connectivity index (χ2n) is 23.6. The zero-order valence-electron chi connectivity index (χ0n) is 40.8. The van der Waals surface area contributed by atoms with Crippen LogP contribution in [0.3, 0.4) is 0 Å². The van der Waals surface area contributed by atoms with Gasteiger partial charge in [-0.3, -0.25) is 0 Å². The minimum atomic E-state index is -1.96. The van der Waals surface area contributed by atoms with Crippen molar-refractivity contribution in [2.45, 2.75) is 211 Å². The maximum absolute atomic E-state index is 13.1. The highest BCUT2D eigenvalue weighted by Gasteiger charge is 2.70. The zero-order valence-corrected chi connectivity index (χ0v) is 40.8. The molecule has 3 heterocycles. The van der Waals surface area contributed by atoms with Crippen molar-refractivity contribution < 1.29 is 94.1 Å². The summed E-state index contributed by atoms with van der Waals surface area (Å²) in [6.07, 6.45) is -17.8. The van der Waals surface area contributed by atoms with E-state index in [1.807, 2.05) is 6.92 Å². The number of carbonyl (C=O) groups excluding carboxylic acids is 1. The van der Waals surface area contributed by atoms with Crippen LogP contribution in [0.25, 0.3) is 0 Å². The van der Waals surface area contributed by atoms with E-state index in [1.165, 1.54) is 12.5 Å². The molecule has 0 bridgehead atoms. The van der Waals surface area contributed by atoms with Gasteiger partial charge in [-0.05, 0) is 104 Å². The number of hydrogen-bond acceptors (Lipinski definition) is 19. The van der Waals surface area contributed by atoms with Crippen LogP contribution in [0.4, 0.5) is 0 Å². The molecule has 19 heteroatoms. The summed E-state index contributed by atoms with van der Waals surface area (Å²) in [5, 5.41) is 121. The van der Waals surface area contributed by atoms with Gasteiger partial charge in [-0.2, -0.15) is 0 Å². The van der Waals surface area contributed by atoms with E-state index >= 15 is 0 Å². The van der Waals surface area contributed by atoms with Crippen molar-refractivity contribution in [3.63, 3.8) is 0 Å². The van der Waals surface area contributed by atoms with Gasteiger partial charge in [-0.1, -0.05) is 53.2 Å². The quantitative estimate of drug-likeness (QED) is 0.0765. The highest BCUT2D eigenvalue weighted by molar-refractivity contribution is 5.75. The van der Waals surface area contributed by atoms with Gasteiger partial charge in [0.05, 0.1) is 38.6 Å². The average Bonchev–Trinajstić information content (AvgIpc) is 3.30. The third-order valence-corrected chi connectivity index (χ3v) is 20.0. The second kappa shape index (κ2) is 18.8. The molecule has 390 valence electrons. The Morgan fingerprint density at radius 1 is 0.662 bits per heavy atom. The molecule has 26 atom stereocenters. The number of carbonyl (C=O) groups is 1. The predicted octanol–water partition coefficient (Wildman–Crippen LogP) is -0.235. The highest BCUT2D eigenvalue weighted by atomic mass is 16.8. The lowest BCUT2D eigenvalue weighted by Crippen LogP contribution is -2.68. The van der Waals surface area contributed by atoms with Gasteiger partial charge in [-0.25, -0.2) is 4.79 Å². The maximum Gasteiger partial charge on any atom is 0.337 e. The number of aliphatic hydroxyl groups excluding tert-OH is 11. The van der Waals surface area contributed by atoms with E-state index in [-0.39, 0.29) is 58.0 Å². The number of allylic oxidation sites excluding steroid dienone is 2. The van der Waals surface area contributed by atoms with Crippen LogP contribution in [0.1, 0.15) is 106 Å². The lowest BCUT2D eigenvalue weighted by molar-refractivity contribution is -0.396. The Kier molecular flexibility index (Phi) is 14.6. The Morgan fingerprint density at radius 3 is 1.94 bits per heavy atom. The predicted molar refractivity (Wildman–Crippen MR) is 236 cm³/mol. The van der Waals surface area contributed by atoms with Crippen LogP contribution >= 0.6 is 0 Å². The number of esters is 1. The Labute approximate surface area is 398 Å². The van der Waals surface area contributed by atoms with Crippen LogP contribution in [0.5, 0.6) is 0 Å². The molecule has 8 rings (SSSR count). The van der Waals surface area contributed by atoms with E-state index in [9.17, 15) is 61.0 Å². The van der Waals surface area contributed by atoms with Crippen molar-refractivity contribution in [3.05, 3.63) is 11.6 Å². The molecule has 0 spiro atoms. The lowest BCUT2D eigenvalue weighted by atomic mass is 9.33. The molecule has 4 saturated carbocycles. The minimum Gasteiger partial charge on any atom is -0.467 e. The molecule has 0 radical (unpaired) electrons. The van der Waals surface area contributed by atoms with E-state index in [1.54, 1.807) is 0 Å². The summed E-state index contributed by atoms with van der Waals surface area (Å²) >= 11 is 0. The van der Waals surface area contributed by atoms with Crippen LogP contribution in [0.2, 0.25) is 0 Å². The molecule has 7 fully saturated rings. The first-order valence-corrected chi connectivity index (χ1v) is 24.8. The van der Waals surface area contributed by atoms with Crippen molar-refractivity contribution in [3.8, 4) is 0 Å². The molecule has 68 heavy (non-hydrogen) atoms. The Balaban J connectivity index is 1.08. The third-order valence-electron chi connectivity index (χ3n) is 20.0. The number of fused-ring (bicyclic) bond motifs is 7. The second-order valence-corrected chi connectivity index (χ2v) is 23.6. The molecule has 0 amide bonds. The summed E-state index contributed by atoms with van der Waals surface area (Å²) in [7, 11) is 1.09. The standard InChI is InChI=1S/C49H80O19/c1-22-30(54)32(56)36(60)41(63-22)67-38-33(57)31(55)25(19-50)64-42(38)68-39-35(59)34(58)37(40(61)62-8)66-43(39)65-29-12-13-46(4)26(47(29,5)21-52)11-14-49(7)27(46)10-9-23-24-17-44(2,20-51)18-28(53)45(24,3)15-16-48(23,49)6/h9,22,24-39,41-43,50-60H,10-21H2,1-8H3/t22-,24-,25+,26+,27+,28+,29-,30-,31+,32+,33-,34-,35-,36+,37-,38+,39+,41-,42-,43+,44-,45+,46-,47+,48+,49+/m0/s1. The van der Waals surface area contributed by atoms with Crippen LogP contribution < -0.4 is 0 Å². The number of aliphatic hydroxyl groups is 11. The van der Waals surface area contributed by atoms with Crippen molar-refractivity contribution >= 4 is 5.97 Å². The molecule has 0 aromatic rings. The summed E-state index contributed by atoms with van der Waals surface area (Å²) in [5.41, 5.74) is -0.790. The Hall–Kier alpha value is -1.47. The van der Waals surface area contributed by atoms with Gasteiger partial charge in [0.2, 0.25) is 0 Å². The lowest BCUT2D eigenvalue weighted by Gasteiger charge is -2.72. The van der Waals surface area contributed by atoms with E-state index in [0.717, 1.165) is 45.6 Å². The summed E-state index contributed by atoms with van der Waals surface area (Å²) in [6, 6.07) is 0. The first-order valence-electron chi connectivity index (χ1n) is 24.8. The van der Waals surface area contributed by atoms with Crippen LogP contribution in [0.15, 0.2) is 11.6 Å². The van der Waals surface area contributed by atoms with E-state index in [0.29, 0.717) is 19.3 Å². The molecule has 8 aliphatic rings. The summed E-state index contributed by atoms with van der Waals surface area (Å²) in [5.74, 6) is -0.770. The molecular weight excluding hydrogens is 893 g/mol. The minimum absolute atomic E-state index is 0.0180. The number of ether oxygens (including phenoxy) is 7. The summed E-state index contributed by atoms with van der Waals surface area (Å²) < 4.78 is 41.6. The number of methoxy groups -OCH3 is 1. The first kappa shape index (κ1) is 52.8. The Morgan fingerprint density at radius 2 is 1.31 bits per heavy atom. The molecule has 0 unspecified atom stereocenters. The molecule has 0 aromatic heterocycles. The molecule has 19 nitrogen and oxygen atoms in total. The molecule has 0 aromatic carbocycles. The first-order chi connectivity index (χ1) is 31.8. The van der Waals surface area contributed by atoms with Gasteiger partial charge < -0.3 is 89.3 Å².